The van der Waals surface area contributed by atoms with E-state index in [4.69, 9.17) is 0 Å². The van der Waals surface area contributed by atoms with Crippen molar-refractivity contribution in [1.82, 2.24) is 16.0 Å². The van der Waals surface area contributed by atoms with Crippen molar-refractivity contribution in [3.63, 3.8) is 0 Å². The molecule has 1 aromatic carbocycles. The highest BCUT2D eigenvalue weighted by Gasteiger charge is 2.15. The Labute approximate surface area is 174 Å². The number of nitro groups is 1. The van der Waals surface area contributed by atoms with Gasteiger partial charge in [0.1, 0.15) is 0 Å². The molecular formula is C20H27N5O3S. The Kier molecular flexibility index (Phi) is 7.72. The molecule has 0 fully saturated rings. The fourth-order valence-corrected chi connectivity index (χ4v) is 3.22. The maximum atomic E-state index is 12.1. The average Bonchev–Trinajstić information content (AvgIpc) is 3.17. The van der Waals surface area contributed by atoms with Gasteiger partial charge in [-0.1, -0.05) is 18.2 Å². The molecule has 0 spiro atoms. The maximum absolute atomic E-state index is 12.1. The summed E-state index contributed by atoms with van der Waals surface area (Å²) < 4.78 is 0. The van der Waals surface area contributed by atoms with Crippen molar-refractivity contribution in [2.45, 2.75) is 45.8 Å². The lowest BCUT2D eigenvalue weighted by Crippen LogP contribution is -2.48. The highest BCUT2D eigenvalue weighted by atomic mass is 32.1. The number of hydrogen-bond donors (Lipinski definition) is 3. The van der Waals surface area contributed by atoms with E-state index in [1.165, 1.54) is 12.1 Å². The van der Waals surface area contributed by atoms with Crippen LogP contribution in [0, 0.1) is 10.1 Å². The van der Waals surface area contributed by atoms with E-state index in [2.05, 4.69) is 20.9 Å². The van der Waals surface area contributed by atoms with E-state index in [0.717, 1.165) is 10.4 Å². The Morgan fingerprint density at radius 1 is 1.24 bits per heavy atom. The molecule has 3 N–H and O–H groups in total. The number of benzene rings is 1. The zero-order chi connectivity index (χ0) is 21.4. The fraction of sp³-hybridized carbons (Fsp3) is 0.400. The number of thiophene rings is 1. The first kappa shape index (κ1) is 22.4. The number of carbonyl (C=O) groups excluding carboxylic acids is 1. The van der Waals surface area contributed by atoms with E-state index in [-0.39, 0.29) is 29.7 Å². The lowest BCUT2D eigenvalue weighted by Gasteiger charge is -2.22. The largest absolute Gasteiger partial charge is 0.350 e. The Balaban J connectivity index is 2.06. The molecule has 8 nitrogen and oxygen atoms in total. The minimum Gasteiger partial charge on any atom is -0.350 e. The highest BCUT2D eigenvalue weighted by Crippen LogP contribution is 2.18. The Morgan fingerprint density at radius 2 is 1.93 bits per heavy atom. The fourth-order valence-electron chi connectivity index (χ4n) is 2.49. The minimum absolute atomic E-state index is 0.0174. The van der Waals surface area contributed by atoms with Gasteiger partial charge >= 0.3 is 0 Å². The van der Waals surface area contributed by atoms with Gasteiger partial charge in [0.2, 0.25) is 5.91 Å². The molecule has 156 valence electrons. The molecule has 0 saturated heterocycles. The van der Waals surface area contributed by atoms with Crippen LogP contribution in [0.2, 0.25) is 0 Å². The van der Waals surface area contributed by atoms with Crippen LogP contribution in [0.15, 0.2) is 46.8 Å². The lowest BCUT2D eigenvalue weighted by atomic mass is 10.1. The van der Waals surface area contributed by atoms with Crippen molar-refractivity contribution in [1.29, 1.82) is 0 Å². The molecule has 0 aliphatic heterocycles. The van der Waals surface area contributed by atoms with Crippen molar-refractivity contribution in [3.8, 4) is 0 Å². The predicted molar refractivity (Wildman–Crippen MR) is 116 cm³/mol. The van der Waals surface area contributed by atoms with Gasteiger partial charge in [0.25, 0.3) is 5.69 Å². The topological polar surface area (TPSA) is 109 Å². The van der Waals surface area contributed by atoms with Gasteiger partial charge in [-0.25, -0.2) is 4.99 Å². The van der Waals surface area contributed by atoms with Gasteiger partial charge < -0.3 is 16.0 Å². The van der Waals surface area contributed by atoms with Crippen LogP contribution in [0.4, 0.5) is 5.69 Å². The SMILES string of the molecule is CC(NC(=NCc1ccc([N+](=O)[O-])cc1)NCC(=O)NC(C)(C)C)c1cccs1. The van der Waals surface area contributed by atoms with Crippen LogP contribution < -0.4 is 16.0 Å². The number of non-ortho nitro benzene ring substituents is 1. The van der Waals surface area contributed by atoms with Gasteiger partial charge in [-0.15, -0.1) is 11.3 Å². The number of rotatable bonds is 7. The van der Waals surface area contributed by atoms with E-state index in [9.17, 15) is 14.9 Å². The van der Waals surface area contributed by atoms with Crippen LogP contribution in [0.5, 0.6) is 0 Å². The average molecular weight is 418 g/mol. The molecule has 1 atom stereocenters. The first-order valence-electron chi connectivity index (χ1n) is 9.26. The second kappa shape index (κ2) is 10.0. The summed E-state index contributed by atoms with van der Waals surface area (Å²) in [6.45, 7) is 8.19. The first-order chi connectivity index (χ1) is 13.6. The molecule has 2 aromatic rings. The molecule has 29 heavy (non-hydrogen) atoms. The Hall–Kier alpha value is -2.94. The smallest absolute Gasteiger partial charge is 0.269 e. The van der Waals surface area contributed by atoms with Gasteiger partial charge in [0, 0.05) is 22.5 Å². The number of nitrogens with one attached hydrogen (secondary N) is 3. The number of hydrogen-bond acceptors (Lipinski definition) is 5. The summed E-state index contributed by atoms with van der Waals surface area (Å²) in [7, 11) is 0. The summed E-state index contributed by atoms with van der Waals surface area (Å²) in [5, 5.41) is 22.0. The number of carbonyl (C=O) groups is 1. The highest BCUT2D eigenvalue weighted by molar-refractivity contribution is 7.10. The number of amides is 1. The van der Waals surface area contributed by atoms with Gasteiger partial charge in [0.15, 0.2) is 5.96 Å². The summed E-state index contributed by atoms with van der Waals surface area (Å²) in [5.41, 5.74) is 0.561. The van der Waals surface area contributed by atoms with Crippen molar-refractivity contribution in [2.75, 3.05) is 6.54 Å². The standard InChI is InChI=1S/C20H27N5O3S/c1-14(17-6-5-11-29-17)23-19(22-13-18(26)24-20(2,3)4)21-12-15-7-9-16(10-8-15)25(27)28/h5-11,14H,12-13H2,1-4H3,(H,24,26)(H2,21,22,23). The van der Waals surface area contributed by atoms with Crippen molar-refractivity contribution in [2.24, 2.45) is 4.99 Å². The number of guanidine groups is 1. The van der Waals surface area contributed by atoms with Gasteiger partial charge in [-0.3, -0.25) is 14.9 Å². The molecule has 2 rings (SSSR count). The third-order valence-corrected chi connectivity index (χ3v) is 4.88. The van der Waals surface area contributed by atoms with Crippen molar-refractivity contribution in [3.05, 3.63) is 62.3 Å². The van der Waals surface area contributed by atoms with Crippen LogP contribution >= 0.6 is 11.3 Å². The minimum atomic E-state index is -0.432. The zero-order valence-electron chi connectivity index (χ0n) is 17.1. The Morgan fingerprint density at radius 3 is 2.48 bits per heavy atom. The number of aliphatic imine (C=N–C) groups is 1. The normalized spacial score (nSPS) is 12.9. The molecule has 1 aromatic heterocycles. The second-order valence-electron chi connectivity index (χ2n) is 7.62. The molecular weight excluding hydrogens is 390 g/mol. The molecule has 0 radical (unpaired) electrons. The lowest BCUT2D eigenvalue weighted by molar-refractivity contribution is -0.384. The summed E-state index contributed by atoms with van der Waals surface area (Å²) in [6.07, 6.45) is 0. The van der Waals surface area contributed by atoms with E-state index in [1.807, 2.05) is 45.2 Å². The van der Waals surface area contributed by atoms with Crippen LogP contribution in [0.1, 0.15) is 44.2 Å². The van der Waals surface area contributed by atoms with E-state index < -0.39 is 4.92 Å². The van der Waals surface area contributed by atoms with E-state index in [0.29, 0.717) is 12.5 Å². The summed E-state index contributed by atoms with van der Waals surface area (Å²) in [4.78, 5) is 28.2. The molecule has 0 bridgehead atoms. The number of nitrogens with zero attached hydrogens (tertiary/aromatic N) is 2. The molecule has 1 unspecified atom stereocenters. The van der Waals surface area contributed by atoms with Crippen LogP contribution in [-0.2, 0) is 11.3 Å². The molecule has 0 aliphatic rings. The van der Waals surface area contributed by atoms with Crippen LogP contribution in [0.25, 0.3) is 0 Å². The summed E-state index contributed by atoms with van der Waals surface area (Å²) in [5.74, 6) is 0.361. The molecule has 0 saturated carbocycles. The van der Waals surface area contributed by atoms with Crippen molar-refractivity contribution >= 4 is 28.9 Å². The van der Waals surface area contributed by atoms with Crippen LogP contribution in [0.3, 0.4) is 0 Å². The van der Waals surface area contributed by atoms with Crippen molar-refractivity contribution < 1.29 is 9.72 Å². The second-order valence-corrected chi connectivity index (χ2v) is 8.60. The molecule has 1 amide bonds. The van der Waals surface area contributed by atoms with Gasteiger partial charge in [-0.2, -0.15) is 0 Å². The van der Waals surface area contributed by atoms with E-state index in [1.54, 1.807) is 23.5 Å². The summed E-state index contributed by atoms with van der Waals surface area (Å²) >= 11 is 1.64. The third-order valence-electron chi connectivity index (χ3n) is 3.82. The van der Waals surface area contributed by atoms with Gasteiger partial charge in [0.05, 0.1) is 24.1 Å². The third kappa shape index (κ3) is 7.90. The monoisotopic (exact) mass is 417 g/mol. The Bertz CT molecular complexity index is 842. The molecule has 1 heterocycles. The maximum Gasteiger partial charge on any atom is 0.269 e. The quantitative estimate of drug-likeness (QED) is 0.277. The van der Waals surface area contributed by atoms with E-state index >= 15 is 0 Å². The summed E-state index contributed by atoms with van der Waals surface area (Å²) in [6, 6.07) is 10.3. The van der Waals surface area contributed by atoms with Crippen LogP contribution in [-0.4, -0.2) is 28.9 Å². The van der Waals surface area contributed by atoms with Gasteiger partial charge in [-0.05, 0) is 44.7 Å². The molecule has 9 heteroatoms. The first-order valence-corrected chi connectivity index (χ1v) is 10.1. The number of nitro benzene ring substituents is 1. The zero-order valence-corrected chi connectivity index (χ0v) is 17.9. The molecule has 0 aliphatic carbocycles. The predicted octanol–water partition coefficient (Wildman–Crippen LogP) is 3.37.